The smallest absolute Gasteiger partial charge is 0.255 e. The predicted octanol–water partition coefficient (Wildman–Crippen LogP) is 3.24. The van der Waals surface area contributed by atoms with Crippen LogP contribution in [0.2, 0.25) is 5.02 Å². The maximum absolute atomic E-state index is 12.3. The average molecular weight is 300 g/mol. The molecule has 0 saturated carbocycles. The van der Waals surface area contributed by atoms with E-state index in [4.69, 9.17) is 16.7 Å². The van der Waals surface area contributed by atoms with Crippen molar-refractivity contribution in [1.29, 1.82) is 0 Å². The molecular weight excluding hydrogens is 286 g/mol. The first-order chi connectivity index (χ1) is 10.1. The van der Waals surface area contributed by atoms with E-state index in [1.807, 2.05) is 13.0 Å². The predicted molar refractivity (Wildman–Crippen MR) is 84.5 cm³/mol. The van der Waals surface area contributed by atoms with E-state index in [2.05, 4.69) is 17.2 Å². The summed E-state index contributed by atoms with van der Waals surface area (Å²) in [6, 6.07) is 12.3. The monoisotopic (exact) mass is 299 g/mol. The molecule has 2 rings (SSSR count). The molecule has 0 saturated heterocycles. The van der Waals surface area contributed by atoms with E-state index in [9.17, 15) is 4.79 Å². The Kier molecular flexibility index (Phi) is 4.99. The highest BCUT2D eigenvalue weighted by Gasteiger charge is 2.08. The van der Waals surface area contributed by atoms with Crippen LogP contribution in [-0.2, 0) is 0 Å². The highest BCUT2D eigenvalue weighted by molar-refractivity contribution is 6.31. The van der Waals surface area contributed by atoms with Crippen LogP contribution in [0.5, 0.6) is 0 Å². The van der Waals surface area contributed by atoms with Crippen molar-refractivity contribution in [2.75, 3.05) is 11.9 Å². The Morgan fingerprint density at radius 2 is 2.10 bits per heavy atom. The first-order valence-electron chi connectivity index (χ1n) is 6.37. The third kappa shape index (κ3) is 4.09. The minimum absolute atomic E-state index is 0.210. The molecular formula is C17H14ClNO2. The van der Waals surface area contributed by atoms with Gasteiger partial charge in [0.1, 0.15) is 6.61 Å². The van der Waals surface area contributed by atoms with Gasteiger partial charge in [0.25, 0.3) is 5.91 Å². The van der Waals surface area contributed by atoms with Crippen molar-refractivity contribution in [2.45, 2.75) is 6.92 Å². The van der Waals surface area contributed by atoms with Gasteiger partial charge < -0.3 is 10.4 Å². The molecule has 0 radical (unpaired) electrons. The highest BCUT2D eigenvalue weighted by atomic mass is 35.5. The molecule has 4 heteroatoms. The number of rotatable bonds is 2. The summed E-state index contributed by atoms with van der Waals surface area (Å²) in [4.78, 5) is 12.3. The molecule has 0 atom stereocenters. The Hall–Kier alpha value is -2.28. The van der Waals surface area contributed by atoms with Gasteiger partial charge in [-0.15, -0.1) is 0 Å². The minimum atomic E-state index is -0.229. The molecule has 2 aromatic rings. The largest absolute Gasteiger partial charge is 0.384 e. The molecule has 106 valence electrons. The number of amides is 1. The van der Waals surface area contributed by atoms with Crippen LogP contribution in [0.4, 0.5) is 5.69 Å². The number of anilines is 1. The van der Waals surface area contributed by atoms with Crippen molar-refractivity contribution in [1.82, 2.24) is 0 Å². The molecule has 2 aromatic carbocycles. The van der Waals surface area contributed by atoms with Crippen molar-refractivity contribution in [3.05, 3.63) is 64.2 Å². The Balaban J connectivity index is 2.22. The third-order valence-electron chi connectivity index (χ3n) is 2.88. The Labute approximate surface area is 128 Å². The van der Waals surface area contributed by atoms with Crippen molar-refractivity contribution >= 4 is 23.2 Å². The number of hydrogen-bond acceptors (Lipinski definition) is 2. The zero-order valence-corrected chi connectivity index (χ0v) is 12.2. The number of nitrogens with one attached hydrogen (secondary N) is 1. The van der Waals surface area contributed by atoms with E-state index >= 15 is 0 Å². The Morgan fingerprint density at radius 1 is 1.29 bits per heavy atom. The van der Waals surface area contributed by atoms with Gasteiger partial charge >= 0.3 is 0 Å². The summed E-state index contributed by atoms with van der Waals surface area (Å²) in [5.41, 5.74) is 2.79. The minimum Gasteiger partial charge on any atom is -0.384 e. The van der Waals surface area contributed by atoms with Gasteiger partial charge in [-0.1, -0.05) is 35.6 Å². The molecule has 0 aromatic heterocycles. The molecule has 0 spiro atoms. The second kappa shape index (κ2) is 6.94. The zero-order valence-electron chi connectivity index (χ0n) is 11.5. The normalized spacial score (nSPS) is 9.67. The van der Waals surface area contributed by atoms with Crippen molar-refractivity contribution in [3.8, 4) is 11.8 Å². The molecule has 0 heterocycles. The molecule has 3 nitrogen and oxygen atoms in total. The lowest BCUT2D eigenvalue weighted by atomic mass is 10.1. The van der Waals surface area contributed by atoms with E-state index < -0.39 is 0 Å². The topological polar surface area (TPSA) is 49.3 Å². The van der Waals surface area contributed by atoms with E-state index in [0.717, 1.165) is 5.56 Å². The molecule has 0 aliphatic heterocycles. The number of benzene rings is 2. The van der Waals surface area contributed by atoms with Gasteiger partial charge in [0.05, 0.1) is 0 Å². The molecule has 0 aliphatic carbocycles. The van der Waals surface area contributed by atoms with Gasteiger partial charge in [-0.25, -0.2) is 0 Å². The van der Waals surface area contributed by atoms with Crippen LogP contribution in [0.1, 0.15) is 21.5 Å². The highest BCUT2D eigenvalue weighted by Crippen LogP contribution is 2.21. The summed E-state index contributed by atoms with van der Waals surface area (Å²) in [6.07, 6.45) is 0. The average Bonchev–Trinajstić information content (AvgIpc) is 2.49. The van der Waals surface area contributed by atoms with Crippen LogP contribution in [0, 0.1) is 18.8 Å². The summed E-state index contributed by atoms with van der Waals surface area (Å²) < 4.78 is 0. The fraction of sp³-hybridized carbons (Fsp3) is 0.118. The van der Waals surface area contributed by atoms with Gasteiger partial charge in [-0.3, -0.25) is 4.79 Å². The van der Waals surface area contributed by atoms with Crippen LogP contribution in [0.25, 0.3) is 0 Å². The van der Waals surface area contributed by atoms with Crippen molar-refractivity contribution in [3.63, 3.8) is 0 Å². The fourth-order valence-electron chi connectivity index (χ4n) is 1.80. The summed E-state index contributed by atoms with van der Waals surface area (Å²) in [5.74, 6) is 5.10. The molecule has 0 unspecified atom stereocenters. The summed E-state index contributed by atoms with van der Waals surface area (Å²) in [6.45, 7) is 1.69. The number of halogens is 1. The Morgan fingerprint density at radius 3 is 2.86 bits per heavy atom. The maximum atomic E-state index is 12.3. The number of aliphatic hydroxyl groups excluding tert-OH is 1. The van der Waals surface area contributed by atoms with Gasteiger partial charge in [0.2, 0.25) is 0 Å². The van der Waals surface area contributed by atoms with Gasteiger partial charge in [-0.05, 0) is 42.8 Å². The van der Waals surface area contributed by atoms with E-state index in [1.165, 1.54) is 0 Å². The molecule has 1 amide bonds. The number of aliphatic hydroxyl groups is 1. The van der Waals surface area contributed by atoms with E-state index in [0.29, 0.717) is 21.8 Å². The SMILES string of the molecule is Cc1ccc(Cl)cc1NC(=O)c1cccc(C#CCO)c1. The van der Waals surface area contributed by atoms with Crippen molar-refractivity contribution < 1.29 is 9.90 Å². The molecule has 2 N–H and O–H groups in total. The first-order valence-corrected chi connectivity index (χ1v) is 6.75. The summed E-state index contributed by atoms with van der Waals surface area (Å²) >= 11 is 5.94. The zero-order chi connectivity index (χ0) is 15.2. The van der Waals surface area contributed by atoms with Crippen LogP contribution in [0.3, 0.4) is 0 Å². The third-order valence-corrected chi connectivity index (χ3v) is 3.12. The second-order valence-electron chi connectivity index (χ2n) is 4.45. The standard InChI is InChI=1S/C17H14ClNO2/c1-12-7-8-15(18)11-16(12)19-17(21)14-6-2-4-13(10-14)5-3-9-20/h2,4,6-8,10-11,20H,9H2,1H3,(H,19,21). The van der Waals surface area contributed by atoms with Crippen LogP contribution >= 0.6 is 11.6 Å². The van der Waals surface area contributed by atoms with E-state index in [-0.39, 0.29) is 12.5 Å². The Bertz CT molecular complexity index is 729. The molecule has 0 bridgehead atoms. The quantitative estimate of drug-likeness (QED) is 0.836. The fourth-order valence-corrected chi connectivity index (χ4v) is 1.98. The summed E-state index contributed by atoms with van der Waals surface area (Å²) in [5, 5.41) is 12.1. The van der Waals surface area contributed by atoms with Crippen LogP contribution < -0.4 is 5.32 Å². The van der Waals surface area contributed by atoms with Gasteiger partial charge in [-0.2, -0.15) is 0 Å². The van der Waals surface area contributed by atoms with Gasteiger partial charge in [0.15, 0.2) is 0 Å². The lowest BCUT2D eigenvalue weighted by Crippen LogP contribution is -2.12. The lowest BCUT2D eigenvalue weighted by Gasteiger charge is -2.09. The number of carbonyl (C=O) groups excluding carboxylic acids is 1. The lowest BCUT2D eigenvalue weighted by molar-refractivity contribution is 0.102. The van der Waals surface area contributed by atoms with Crippen molar-refractivity contribution in [2.24, 2.45) is 0 Å². The van der Waals surface area contributed by atoms with Gasteiger partial charge in [0, 0.05) is 21.8 Å². The van der Waals surface area contributed by atoms with Crippen LogP contribution in [0.15, 0.2) is 42.5 Å². The second-order valence-corrected chi connectivity index (χ2v) is 4.89. The summed E-state index contributed by atoms with van der Waals surface area (Å²) in [7, 11) is 0. The molecule has 0 fully saturated rings. The number of aryl methyl sites for hydroxylation is 1. The van der Waals surface area contributed by atoms with E-state index in [1.54, 1.807) is 36.4 Å². The maximum Gasteiger partial charge on any atom is 0.255 e. The van der Waals surface area contributed by atoms with Crippen LogP contribution in [-0.4, -0.2) is 17.6 Å². The first kappa shape index (κ1) is 15.1. The number of hydrogen-bond donors (Lipinski definition) is 2. The molecule has 21 heavy (non-hydrogen) atoms. The molecule has 0 aliphatic rings. The number of carbonyl (C=O) groups is 1.